The van der Waals surface area contributed by atoms with E-state index < -0.39 is 27.8 Å². The SMILES string of the molecule is CC[C@H]1CC[C@H]2C3=CC=C4CC(O[Si](C)(C)C(C)(C)C)CC(O)(O[Si](C)(C)C(C)(C)C)[C@]4(C)[C@H]3CC[C@]12C. The summed E-state index contributed by atoms with van der Waals surface area (Å²) in [7, 11) is -4.27. The lowest BCUT2D eigenvalue weighted by Crippen LogP contribution is -2.65. The first-order valence-corrected chi connectivity index (χ1v) is 21.5. The second-order valence-electron chi connectivity index (χ2n) is 16.9. The number of aliphatic hydroxyl groups is 1. The minimum Gasteiger partial charge on any atom is -0.413 e. The summed E-state index contributed by atoms with van der Waals surface area (Å²) in [5, 5.41) is 13.2. The zero-order chi connectivity index (χ0) is 28.7. The van der Waals surface area contributed by atoms with Crippen LogP contribution in [0.3, 0.4) is 0 Å². The van der Waals surface area contributed by atoms with Gasteiger partial charge in [-0.1, -0.05) is 92.0 Å². The van der Waals surface area contributed by atoms with E-state index in [2.05, 4.69) is 101 Å². The first kappa shape index (κ1) is 30.7. The van der Waals surface area contributed by atoms with Gasteiger partial charge in [0, 0.05) is 11.8 Å². The van der Waals surface area contributed by atoms with E-state index in [0.29, 0.717) is 23.7 Å². The molecule has 7 atom stereocenters. The van der Waals surface area contributed by atoms with Gasteiger partial charge in [0.15, 0.2) is 22.4 Å². The molecule has 4 rings (SSSR count). The third kappa shape index (κ3) is 4.63. The van der Waals surface area contributed by atoms with Crippen molar-refractivity contribution in [1.82, 2.24) is 0 Å². The molecule has 1 N–H and O–H groups in total. The maximum atomic E-state index is 13.0. The van der Waals surface area contributed by atoms with Crippen LogP contribution in [0.4, 0.5) is 0 Å². The van der Waals surface area contributed by atoms with Gasteiger partial charge < -0.3 is 14.0 Å². The maximum absolute atomic E-state index is 13.0. The molecule has 5 heteroatoms. The predicted octanol–water partition coefficient (Wildman–Crippen LogP) is 9.61. The Morgan fingerprint density at radius 2 is 1.50 bits per heavy atom. The molecule has 0 aromatic heterocycles. The van der Waals surface area contributed by atoms with E-state index in [1.165, 1.54) is 31.3 Å². The lowest BCUT2D eigenvalue weighted by atomic mass is 9.48. The normalized spacial score (nSPS) is 40.2. The van der Waals surface area contributed by atoms with Crippen molar-refractivity contribution in [3.8, 4) is 0 Å². The van der Waals surface area contributed by atoms with E-state index in [9.17, 15) is 5.11 Å². The van der Waals surface area contributed by atoms with Gasteiger partial charge in [0.2, 0.25) is 0 Å². The highest BCUT2D eigenvalue weighted by Gasteiger charge is 2.65. The van der Waals surface area contributed by atoms with Crippen molar-refractivity contribution in [3.05, 3.63) is 23.3 Å². The lowest BCUT2D eigenvalue weighted by molar-refractivity contribution is -0.255. The summed E-state index contributed by atoms with van der Waals surface area (Å²) < 4.78 is 14.3. The Kier molecular flexibility index (Phi) is 7.61. The fraction of sp³-hybridized carbons (Fsp3) is 0.879. The zero-order valence-corrected chi connectivity index (χ0v) is 29.2. The van der Waals surface area contributed by atoms with Crippen LogP contribution in [0.5, 0.6) is 0 Å². The molecule has 0 spiro atoms. The van der Waals surface area contributed by atoms with E-state index in [0.717, 1.165) is 18.8 Å². The highest BCUT2D eigenvalue weighted by atomic mass is 28.4. The molecule has 3 saturated carbocycles. The smallest absolute Gasteiger partial charge is 0.195 e. The number of hydrogen-bond acceptors (Lipinski definition) is 3. The molecular formula is C33H60O3Si2. The molecule has 4 aliphatic rings. The Balaban J connectivity index is 1.79. The van der Waals surface area contributed by atoms with E-state index in [4.69, 9.17) is 8.85 Å². The summed E-state index contributed by atoms with van der Waals surface area (Å²) in [4.78, 5) is 0. The Hall–Kier alpha value is -0.206. The van der Waals surface area contributed by atoms with Gasteiger partial charge in [0.05, 0.1) is 6.10 Å². The first-order valence-electron chi connectivity index (χ1n) is 15.6. The Morgan fingerprint density at radius 3 is 2.05 bits per heavy atom. The summed E-state index contributed by atoms with van der Waals surface area (Å²) in [6.07, 6.45) is 12.7. The van der Waals surface area contributed by atoms with Crippen molar-refractivity contribution in [2.24, 2.45) is 28.6 Å². The molecule has 0 radical (unpaired) electrons. The summed E-state index contributed by atoms with van der Waals surface area (Å²) in [5.74, 6) is 0.580. The van der Waals surface area contributed by atoms with E-state index >= 15 is 0 Å². The largest absolute Gasteiger partial charge is 0.413 e. The van der Waals surface area contributed by atoms with Gasteiger partial charge in [-0.3, -0.25) is 0 Å². The van der Waals surface area contributed by atoms with Crippen LogP contribution in [0.25, 0.3) is 0 Å². The first-order chi connectivity index (χ1) is 17.1. The van der Waals surface area contributed by atoms with Gasteiger partial charge in [0.1, 0.15) is 0 Å². The Labute approximate surface area is 237 Å². The van der Waals surface area contributed by atoms with Crippen molar-refractivity contribution >= 4 is 16.6 Å². The molecule has 2 unspecified atom stereocenters. The molecule has 3 fully saturated rings. The molecule has 38 heavy (non-hydrogen) atoms. The van der Waals surface area contributed by atoms with Crippen LogP contribution in [0, 0.1) is 28.6 Å². The molecule has 0 aromatic carbocycles. The molecule has 0 amide bonds. The highest BCUT2D eigenvalue weighted by Crippen LogP contribution is 2.68. The van der Waals surface area contributed by atoms with Gasteiger partial charge in [-0.25, -0.2) is 0 Å². The highest BCUT2D eigenvalue weighted by molar-refractivity contribution is 6.74. The fourth-order valence-corrected chi connectivity index (χ4v) is 11.1. The van der Waals surface area contributed by atoms with Crippen LogP contribution < -0.4 is 0 Å². The molecule has 218 valence electrons. The van der Waals surface area contributed by atoms with Gasteiger partial charge in [-0.05, 0) is 91.5 Å². The van der Waals surface area contributed by atoms with Gasteiger partial charge in [0.25, 0.3) is 0 Å². The molecule has 0 saturated heterocycles. The average molecular weight is 561 g/mol. The van der Waals surface area contributed by atoms with Crippen molar-refractivity contribution in [2.45, 2.75) is 155 Å². The summed E-state index contributed by atoms with van der Waals surface area (Å²) >= 11 is 0. The molecule has 0 heterocycles. The Bertz CT molecular complexity index is 983. The monoisotopic (exact) mass is 560 g/mol. The predicted molar refractivity (Wildman–Crippen MR) is 166 cm³/mol. The van der Waals surface area contributed by atoms with Crippen molar-refractivity contribution in [3.63, 3.8) is 0 Å². The second kappa shape index (κ2) is 9.41. The number of fused-ring (bicyclic) bond motifs is 5. The van der Waals surface area contributed by atoms with Crippen LogP contribution >= 0.6 is 0 Å². The van der Waals surface area contributed by atoms with E-state index in [-0.39, 0.29) is 16.2 Å². The van der Waals surface area contributed by atoms with Crippen molar-refractivity contribution < 1.29 is 14.0 Å². The number of allylic oxidation sites excluding steroid dienone is 3. The minimum absolute atomic E-state index is 0.00950. The second-order valence-corrected chi connectivity index (χ2v) is 26.4. The van der Waals surface area contributed by atoms with Crippen LogP contribution in [0.1, 0.15) is 107 Å². The molecule has 3 nitrogen and oxygen atoms in total. The van der Waals surface area contributed by atoms with E-state index in [1.54, 1.807) is 5.57 Å². The summed E-state index contributed by atoms with van der Waals surface area (Å²) in [5.41, 5.74) is 2.96. The number of rotatable bonds is 5. The van der Waals surface area contributed by atoms with Gasteiger partial charge in [-0.15, -0.1) is 0 Å². The molecule has 0 aromatic rings. The molecular weight excluding hydrogens is 501 g/mol. The maximum Gasteiger partial charge on any atom is 0.195 e. The van der Waals surface area contributed by atoms with Gasteiger partial charge >= 0.3 is 0 Å². The summed E-state index contributed by atoms with van der Waals surface area (Å²) in [6, 6.07) is 0. The lowest BCUT2D eigenvalue weighted by Gasteiger charge is -2.62. The van der Waals surface area contributed by atoms with E-state index in [1.807, 2.05) is 0 Å². The molecule has 0 aliphatic heterocycles. The topological polar surface area (TPSA) is 38.7 Å². The van der Waals surface area contributed by atoms with Crippen LogP contribution in [-0.4, -0.2) is 33.6 Å². The quantitative estimate of drug-likeness (QED) is 0.269. The Morgan fingerprint density at radius 1 is 0.895 bits per heavy atom. The van der Waals surface area contributed by atoms with Gasteiger partial charge in [-0.2, -0.15) is 0 Å². The standard InChI is InChI=1S/C33H60O3Si2/c1-14-23-16-18-27-26-17-15-24-21-25(35-37(10,11)29(2,3)4)22-33(34,36-38(12,13)30(5,6)7)32(24,9)28(26)19-20-31(23,27)8/h15,17,23,25,27-28,34H,14,16,18-22H2,1-13H3/t23-,25?,27-,28-,31+,32-,33?/m0/s1. The third-order valence-electron chi connectivity index (χ3n) is 12.9. The molecule has 0 bridgehead atoms. The van der Waals surface area contributed by atoms with Crippen LogP contribution in [0.15, 0.2) is 23.3 Å². The fourth-order valence-electron chi connectivity index (χ4n) is 8.26. The zero-order valence-electron chi connectivity index (χ0n) is 27.2. The summed E-state index contributed by atoms with van der Waals surface area (Å²) in [6.45, 7) is 30.4. The van der Waals surface area contributed by atoms with Crippen molar-refractivity contribution in [1.29, 1.82) is 0 Å². The van der Waals surface area contributed by atoms with Crippen LogP contribution in [-0.2, 0) is 8.85 Å². The number of hydrogen-bond donors (Lipinski definition) is 1. The minimum atomic E-state index is -2.27. The van der Waals surface area contributed by atoms with Crippen LogP contribution in [0.2, 0.25) is 36.3 Å². The van der Waals surface area contributed by atoms with Crippen molar-refractivity contribution in [2.75, 3.05) is 0 Å². The average Bonchev–Trinajstić information content (AvgIpc) is 3.09. The molecule has 4 aliphatic carbocycles. The third-order valence-corrected chi connectivity index (χ3v) is 21.9.